The van der Waals surface area contributed by atoms with Crippen molar-refractivity contribution >= 4 is 5.91 Å². The van der Waals surface area contributed by atoms with Crippen LogP contribution in [-0.2, 0) is 12.8 Å². The molecule has 1 aliphatic heterocycles. The van der Waals surface area contributed by atoms with Gasteiger partial charge in [-0.1, -0.05) is 53.7 Å². The maximum atomic E-state index is 13.5. The number of nitrogens with zero attached hydrogens (tertiary/aromatic N) is 6. The minimum atomic E-state index is -0.0150. The Morgan fingerprint density at radius 3 is 2.40 bits per heavy atom. The van der Waals surface area contributed by atoms with Gasteiger partial charge in [0.2, 0.25) is 11.7 Å². The second-order valence-corrected chi connectivity index (χ2v) is 9.20. The lowest BCUT2D eigenvalue weighted by Gasteiger charge is -2.36. The van der Waals surface area contributed by atoms with E-state index < -0.39 is 0 Å². The van der Waals surface area contributed by atoms with E-state index in [0.29, 0.717) is 30.5 Å². The topological polar surface area (TPSA) is 80.3 Å². The van der Waals surface area contributed by atoms with Crippen molar-refractivity contribution in [3.8, 4) is 17.1 Å². The molecular formula is C27H28N6O2. The zero-order valence-corrected chi connectivity index (χ0v) is 19.8. The van der Waals surface area contributed by atoms with Crippen LogP contribution in [0.2, 0.25) is 0 Å². The van der Waals surface area contributed by atoms with Gasteiger partial charge < -0.3 is 9.42 Å². The molecule has 1 atom stereocenters. The zero-order valence-electron chi connectivity index (χ0n) is 19.8. The van der Waals surface area contributed by atoms with Gasteiger partial charge in [-0.2, -0.15) is 10.1 Å². The van der Waals surface area contributed by atoms with Crippen molar-refractivity contribution in [1.29, 1.82) is 0 Å². The maximum absolute atomic E-state index is 13.5. The highest BCUT2D eigenvalue weighted by Crippen LogP contribution is 2.29. The summed E-state index contributed by atoms with van der Waals surface area (Å²) in [5, 5.41) is 8.95. The fraction of sp³-hybridized carbons (Fsp3) is 0.333. The molecule has 8 nitrogen and oxygen atoms in total. The van der Waals surface area contributed by atoms with Crippen molar-refractivity contribution in [2.24, 2.45) is 0 Å². The molecule has 0 bridgehead atoms. The molecule has 2 aromatic heterocycles. The second-order valence-electron chi connectivity index (χ2n) is 9.20. The van der Waals surface area contributed by atoms with Crippen LogP contribution in [0.3, 0.4) is 0 Å². The number of carbonyl (C=O) groups excluding carboxylic acids is 1. The number of benzene rings is 2. The average molecular weight is 469 g/mol. The van der Waals surface area contributed by atoms with Gasteiger partial charge in [-0.3, -0.25) is 9.69 Å². The van der Waals surface area contributed by atoms with Gasteiger partial charge in [-0.15, -0.1) is 0 Å². The lowest BCUT2D eigenvalue weighted by atomic mass is 10.1. The zero-order chi connectivity index (χ0) is 23.8. The highest BCUT2D eigenvalue weighted by atomic mass is 16.5. The molecule has 0 spiro atoms. The van der Waals surface area contributed by atoms with E-state index in [0.717, 1.165) is 49.2 Å². The molecule has 2 aliphatic rings. The predicted molar refractivity (Wildman–Crippen MR) is 131 cm³/mol. The minimum absolute atomic E-state index is 0.0150. The first kappa shape index (κ1) is 21.7. The lowest BCUT2D eigenvalue weighted by molar-refractivity contribution is 0.0545. The maximum Gasteiger partial charge on any atom is 0.274 e. The number of aromatic nitrogens is 4. The summed E-state index contributed by atoms with van der Waals surface area (Å²) in [4.78, 5) is 22.3. The molecule has 1 unspecified atom stereocenters. The van der Waals surface area contributed by atoms with Crippen LogP contribution in [0, 0.1) is 0 Å². The molecule has 0 N–H and O–H groups in total. The molecule has 4 aromatic rings. The Labute approximate surface area is 204 Å². The van der Waals surface area contributed by atoms with Crippen LogP contribution in [-0.4, -0.2) is 61.8 Å². The van der Waals surface area contributed by atoms with E-state index in [2.05, 4.69) is 22.0 Å². The molecule has 2 aromatic carbocycles. The summed E-state index contributed by atoms with van der Waals surface area (Å²) in [6.45, 7) is 4.87. The van der Waals surface area contributed by atoms with E-state index in [4.69, 9.17) is 9.62 Å². The van der Waals surface area contributed by atoms with Crippen LogP contribution < -0.4 is 0 Å². The van der Waals surface area contributed by atoms with Gasteiger partial charge >= 0.3 is 0 Å². The SMILES string of the molecule is CC(c1nc(-c2ccccc2)no1)N1CCN(C(=O)c2nn(-c3ccccc3)c3c2CCC3)CC1. The predicted octanol–water partition coefficient (Wildman–Crippen LogP) is 3.93. The molecule has 1 fully saturated rings. The van der Waals surface area contributed by atoms with Crippen molar-refractivity contribution < 1.29 is 9.32 Å². The summed E-state index contributed by atoms with van der Waals surface area (Å²) in [7, 11) is 0. The first-order chi connectivity index (χ1) is 17.2. The Morgan fingerprint density at radius 2 is 1.66 bits per heavy atom. The van der Waals surface area contributed by atoms with E-state index in [1.54, 1.807) is 0 Å². The van der Waals surface area contributed by atoms with Crippen molar-refractivity contribution in [3.05, 3.63) is 83.5 Å². The van der Waals surface area contributed by atoms with Crippen LogP contribution in [0.5, 0.6) is 0 Å². The Kier molecular flexibility index (Phi) is 5.66. The number of hydrogen-bond donors (Lipinski definition) is 0. The highest BCUT2D eigenvalue weighted by Gasteiger charge is 2.32. The number of piperazine rings is 1. The summed E-state index contributed by atoms with van der Waals surface area (Å²) in [6.07, 6.45) is 2.95. The number of carbonyl (C=O) groups is 1. The van der Waals surface area contributed by atoms with Crippen molar-refractivity contribution in [3.63, 3.8) is 0 Å². The largest absolute Gasteiger partial charge is 0.337 e. The average Bonchev–Trinajstić information content (AvgIpc) is 3.66. The molecule has 1 saturated heterocycles. The van der Waals surface area contributed by atoms with Crippen molar-refractivity contribution in [1.82, 2.24) is 29.7 Å². The van der Waals surface area contributed by atoms with E-state index in [1.165, 1.54) is 5.69 Å². The van der Waals surface area contributed by atoms with Crippen LogP contribution in [0.4, 0.5) is 0 Å². The fourth-order valence-electron chi connectivity index (χ4n) is 5.12. The van der Waals surface area contributed by atoms with Gasteiger partial charge in [0.1, 0.15) is 0 Å². The van der Waals surface area contributed by atoms with Gasteiger partial charge in [0.25, 0.3) is 5.91 Å². The number of amides is 1. The smallest absolute Gasteiger partial charge is 0.274 e. The quantitative estimate of drug-likeness (QED) is 0.442. The van der Waals surface area contributed by atoms with E-state index >= 15 is 0 Å². The lowest BCUT2D eigenvalue weighted by Crippen LogP contribution is -2.49. The molecule has 1 aliphatic carbocycles. The summed E-state index contributed by atoms with van der Waals surface area (Å²) in [6, 6.07) is 19.9. The Bertz CT molecular complexity index is 1320. The van der Waals surface area contributed by atoms with E-state index in [1.807, 2.05) is 70.2 Å². The van der Waals surface area contributed by atoms with E-state index in [9.17, 15) is 4.79 Å². The summed E-state index contributed by atoms with van der Waals surface area (Å²) < 4.78 is 7.54. The Morgan fingerprint density at radius 1 is 0.943 bits per heavy atom. The Balaban J connectivity index is 1.14. The van der Waals surface area contributed by atoms with Gasteiger partial charge in [-0.25, -0.2) is 4.68 Å². The molecular weight excluding hydrogens is 440 g/mol. The van der Waals surface area contributed by atoms with Crippen LogP contribution >= 0.6 is 0 Å². The summed E-state index contributed by atoms with van der Waals surface area (Å²) >= 11 is 0. The molecule has 0 radical (unpaired) electrons. The molecule has 8 heteroatoms. The first-order valence-electron chi connectivity index (χ1n) is 12.3. The second kappa shape index (κ2) is 9.11. The monoisotopic (exact) mass is 468 g/mol. The van der Waals surface area contributed by atoms with Crippen LogP contribution in [0.1, 0.15) is 47.0 Å². The molecule has 6 rings (SSSR count). The van der Waals surface area contributed by atoms with Gasteiger partial charge in [0, 0.05) is 43.0 Å². The third-order valence-corrected chi connectivity index (χ3v) is 7.11. The summed E-state index contributed by atoms with van der Waals surface area (Å²) in [5.74, 6) is 1.24. The number of rotatable bonds is 5. The number of para-hydroxylation sites is 1. The van der Waals surface area contributed by atoms with Crippen LogP contribution in [0.15, 0.2) is 65.2 Å². The minimum Gasteiger partial charge on any atom is -0.337 e. The van der Waals surface area contributed by atoms with Gasteiger partial charge in [0.05, 0.1) is 11.7 Å². The first-order valence-corrected chi connectivity index (χ1v) is 12.3. The fourth-order valence-corrected chi connectivity index (χ4v) is 5.12. The normalized spacial score (nSPS) is 16.9. The molecule has 3 heterocycles. The van der Waals surface area contributed by atoms with Crippen molar-refractivity contribution in [2.75, 3.05) is 26.2 Å². The van der Waals surface area contributed by atoms with Gasteiger partial charge in [0.15, 0.2) is 5.69 Å². The number of hydrogen-bond acceptors (Lipinski definition) is 6. The molecule has 0 saturated carbocycles. The summed E-state index contributed by atoms with van der Waals surface area (Å²) in [5.41, 5.74) is 4.86. The van der Waals surface area contributed by atoms with Gasteiger partial charge in [-0.05, 0) is 38.3 Å². The standard InChI is InChI=1S/C27H28N6O2/c1-19(26-28-25(30-35-26)20-9-4-2-5-10-20)31-15-17-32(18-16-31)27(34)24-22-13-8-14-23(22)33(29-24)21-11-6-3-7-12-21/h2-7,9-12,19H,8,13-18H2,1H3. The molecule has 178 valence electrons. The third kappa shape index (κ3) is 4.04. The third-order valence-electron chi connectivity index (χ3n) is 7.11. The number of fused-ring (bicyclic) bond motifs is 1. The highest BCUT2D eigenvalue weighted by molar-refractivity contribution is 5.94. The van der Waals surface area contributed by atoms with Crippen LogP contribution in [0.25, 0.3) is 17.1 Å². The Hall–Kier alpha value is -3.78. The van der Waals surface area contributed by atoms with E-state index in [-0.39, 0.29) is 11.9 Å². The molecule has 1 amide bonds. The molecule has 35 heavy (non-hydrogen) atoms. The van der Waals surface area contributed by atoms with Crippen molar-refractivity contribution in [2.45, 2.75) is 32.2 Å².